The van der Waals surface area contributed by atoms with Crippen LogP contribution in [-0.2, 0) is 20.8 Å². The Balaban J connectivity index is 2.26. The molecular weight excluding hydrogens is 673 g/mol. The molecule has 1 aromatic rings. The van der Waals surface area contributed by atoms with Crippen molar-refractivity contribution in [3.05, 3.63) is 61.2 Å². The number of ether oxygens (including phenoxy) is 3. The second kappa shape index (κ2) is 34.6. The summed E-state index contributed by atoms with van der Waals surface area (Å²) in [6.45, 7) is 30.4. The third-order valence-electron chi connectivity index (χ3n) is 12.5. The van der Waals surface area contributed by atoms with E-state index in [0.717, 1.165) is 49.7 Å². The van der Waals surface area contributed by atoms with E-state index in [1.54, 1.807) is 0 Å². The summed E-state index contributed by atoms with van der Waals surface area (Å²) in [6, 6.07) is 10.5. The Morgan fingerprint density at radius 1 is 0.436 bits per heavy atom. The van der Waals surface area contributed by atoms with E-state index in [2.05, 4.69) is 111 Å². The van der Waals surface area contributed by atoms with Gasteiger partial charge >= 0.3 is 0 Å². The third kappa shape index (κ3) is 31.3. The van der Waals surface area contributed by atoms with Crippen LogP contribution in [0.4, 0.5) is 0 Å². The molecule has 0 aromatic heterocycles. The van der Waals surface area contributed by atoms with E-state index in [-0.39, 0.29) is 6.10 Å². The molecule has 0 saturated carbocycles. The molecule has 0 radical (unpaired) electrons. The first-order valence-electron chi connectivity index (χ1n) is 23.6. The highest BCUT2D eigenvalue weighted by Gasteiger charge is 2.14. The predicted molar refractivity (Wildman–Crippen MR) is 243 cm³/mol. The van der Waals surface area contributed by atoms with Crippen molar-refractivity contribution in [1.29, 1.82) is 0 Å². The Labute approximate surface area is 344 Å². The van der Waals surface area contributed by atoms with E-state index in [9.17, 15) is 0 Å². The van der Waals surface area contributed by atoms with Crippen LogP contribution in [-0.4, -0.2) is 32.5 Å². The van der Waals surface area contributed by atoms with Crippen LogP contribution in [0.15, 0.2) is 55.6 Å². The first kappa shape index (κ1) is 51.6. The van der Waals surface area contributed by atoms with Crippen LogP contribution < -0.4 is 0 Å². The van der Waals surface area contributed by atoms with Gasteiger partial charge < -0.3 is 14.2 Å². The first-order chi connectivity index (χ1) is 26.5. The highest BCUT2D eigenvalue weighted by atomic mass is 16.6. The maximum Gasteiger partial charge on any atom is 0.104 e. The minimum atomic E-state index is -0.0155. The second-order valence-electron chi connectivity index (χ2n) is 18.8. The van der Waals surface area contributed by atoms with Gasteiger partial charge in [-0.2, -0.15) is 0 Å². The van der Waals surface area contributed by atoms with E-state index in [1.165, 1.54) is 121 Å². The molecule has 0 aliphatic heterocycles. The van der Waals surface area contributed by atoms with Crippen molar-refractivity contribution in [3.8, 4) is 0 Å². The minimum Gasteiger partial charge on any atom is -0.379 e. The zero-order valence-electron chi connectivity index (χ0n) is 38.1. The molecule has 0 unspecified atom stereocenters. The summed E-state index contributed by atoms with van der Waals surface area (Å²) in [6.07, 6.45) is 30.7. The molecule has 3 nitrogen and oxygen atoms in total. The highest BCUT2D eigenvalue weighted by Crippen LogP contribution is 2.25. The Morgan fingerprint density at radius 3 is 1.18 bits per heavy atom. The van der Waals surface area contributed by atoms with Gasteiger partial charge in [-0.3, -0.25) is 0 Å². The monoisotopic (exact) mass is 767 g/mol. The van der Waals surface area contributed by atoms with Gasteiger partial charge in [0.15, 0.2) is 0 Å². The summed E-state index contributed by atoms with van der Waals surface area (Å²) >= 11 is 0. The molecule has 3 heteroatoms. The van der Waals surface area contributed by atoms with Crippen LogP contribution >= 0.6 is 0 Å². The van der Waals surface area contributed by atoms with Crippen molar-refractivity contribution < 1.29 is 14.2 Å². The zero-order chi connectivity index (χ0) is 40.5. The van der Waals surface area contributed by atoms with Crippen molar-refractivity contribution >= 4 is 0 Å². The SMILES string of the molecule is C=C[C@@H](C)CCC[C@@H](C)CCC[C@@H](C)CCC[C@@H](C)CCOC[C@@H](COCc1ccccc1)OCC[C@H](C)CCC[C@H](C)CCC[C@H](C)CCC[C@H](C)C=C. The van der Waals surface area contributed by atoms with Crippen LogP contribution in [0.5, 0.6) is 0 Å². The van der Waals surface area contributed by atoms with Gasteiger partial charge in [0.05, 0.1) is 19.8 Å². The standard InChI is InChI=1S/C52H94O3/c1-11-43(3)22-16-24-45(5)26-18-28-47(7)30-20-32-49(9)36-38-53-41-52(42-54-40-51-34-14-13-15-35-51)55-39-37-50(10)33-21-31-48(8)29-19-27-46(6)25-17-23-44(4)12-2/h11-15,34-35,43-50,52H,1-2,16-33,36-42H2,3-10H3/t43-,44-,45-,46-,47-,48-,49-,50-,52+/m1/s1. The molecule has 1 aromatic carbocycles. The molecule has 0 heterocycles. The maximum absolute atomic E-state index is 6.42. The van der Waals surface area contributed by atoms with Crippen molar-refractivity contribution in [2.45, 2.75) is 197 Å². The lowest BCUT2D eigenvalue weighted by Crippen LogP contribution is -2.27. The summed E-state index contributed by atoms with van der Waals surface area (Å²) < 4.78 is 18.8. The second-order valence-corrected chi connectivity index (χ2v) is 18.8. The molecule has 320 valence electrons. The Morgan fingerprint density at radius 2 is 0.782 bits per heavy atom. The van der Waals surface area contributed by atoms with E-state index in [4.69, 9.17) is 14.2 Å². The molecule has 0 saturated heterocycles. The number of hydrogen-bond acceptors (Lipinski definition) is 3. The van der Waals surface area contributed by atoms with Crippen molar-refractivity contribution in [2.75, 3.05) is 26.4 Å². The van der Waals surface area contributed by atoms with E-state index >= 15 is 0 Å². The lowest BCUT2D eigenvalue weighted by atomic mass is 9.90. The number of allylic oxidation sites excluding steroid dienone is 2. The molecule has 0 aliphatic carbocycles. The summed E-state index contributed by atoms with van der Waals surface area (Å²) in [4.78, 5) is 0. The van der Waals surface area contributed by atoms with Crippen molar-refractivity contribution in [1.82, 2.24) is 0 Å². The molecule has 0 amide bonds. The highest BCUT2D eigenvalue weighted by molar-refractivity contribution is 5.13. The third-order valence-corrected chi connectivity index (χ3v) is 12.5. The first-order valence-corrected chi connectivity index (χ1v) is 23.6. The summed E-state index contributed by atoms with van der Waals surface area (Å²) in [7, 11) is 0. The fraction of sp³-hybridized carbons (Fsp3) is 0.808. The summed E-state index contributed by atoms with van der Waals surface area (Å²) in [5.74, 6) is 6.10. The number of benzene rings is 1. The van der Waals surface area contributed by atoms with E-state index in [0.29, 0.717) is 43.5 Å². The molecule has 0 fully saturated rings. The molecular formula is C52H94O3. The fourth-order valence-electron chi connectivity index (χ4n) is 7.90. The molecule has 0 spiro atoms. The topological polar surface area (TPSA) is 27.7 Å². The number of rotatable bonds is 39. The van der Waals surface area contributed by atoms with Gasteiger partial charge in [0.25, 0.3) is 0 Å². The molecule has 1 rings (SSSR count). The molecule has 9 atom stereocenters. The fourth-order valence-corrected chi connectivity index (χ4v) is 7.90. The smallest absolute Gasteiger partial charge is 0.104 e. The van der Waals surface area contributed by atoms with Gasteiger partial charge in [0, 0.05) is 13.2 Å². The van der Waals surface area contributed by atoms with Gasteiger partial charge in [-0.15, -0.1) is 13.2 Å². The lowest BCUT2D eigenvalue weighted by Gasteiger charge is -2.21. The van der Waals surface area contributed by atoms with Gasteiger partial charge in [-0.1, -0.05) is 201 Å². The van der Waals surface area contributed by atoms with Crippen LogP contribution in [0.25, 0.3) is 0 Å². The van der Waals surface area contributed by atoms with Crippen LogP contribution in [0.1, 0.15) is 189 Å². The van der Waals surface area contributed by atoms with Gasteiger partial charge in [-0.25, -0.2) is 0 Å². The van der Waals surface area contributed by atoms with Crippen LogP contribution in [0.3, 0.4) is 0 Å². The largest absolute Gasteiger partial charge is 0.379 e. The maximum atomic E-state index is 6.42. The van der Waals surface area contributed by atoms with Crippen molar-refractivity contribution in [3.63, 3.8) is 0 Å². The summed E-state index contributed by atoms with van der Waals surface area (Å²) in [5.41, 5.74) is 1.20. The van der Waals surface area contributed by atoms with Gasteiger partial charge in [0.2, 0.25) is 0 Å². The average Bonchev–Trinajstić information content (AvgIpc) is 3.16. The van der Waals surface area contributed by atoms with Gasteiger partial charge in [0.1, 0.15) is 6.10 Å². The molecule has 0 bridgehead atoms. The quantitative estimate of drug-likeness (QED) is 0.0493. The molecule has 0 N–H and O–H groups in total. The summed E-state index contributed by atoms with van der Waals surface area (Å²) in [5, 5.41) is 0. The van der Waals surface area contributed by atoms with Crippen LogP contribution in [0, 0.1) is 47.3 Å². The molecule has 55 heavy (non-hydrogen) atoms. The zero-order valence-corrected chi connectivity index (χ0v) is 38.1. The Bertz CT molecular complexity index is 992. The van der Waals surface area contributed by atoms with E-state index < -0.39 is 0 Å². The normalized spacial score (nSPS) is 16.8. The number of hydrogen-bond donors (Lipinski definition) is 0. The average molecular weight is 767 g/mol. The predicted octanol–water partition coefficient (Wildman–Crippen LogP) is 15.9. The van der Waals surface area contributed by atoms with E-state index in [1.807, 2.05) is 0 Å². The van der Waals surface area contributed by atoms with Gasteiger partial charge in [-0.05, 0) is 78.6 Å². The minimum absolute atomic E-state index is 0.0155. The lowest BCUT2D eigenvalue weighted by molar-refractivity contribution is -0.0670. The van der Waals surface area contributed by atoms with Crippen LogP contribution in [0.2, 0.25) is 0 Å². The molecule has 0 aliphatic rings. The van der Waals surface area contributed by atoms with Crippen molar-refractivity contribution in [2.24, 2.45) is 47.3 Å². The Kier molecular flexibility index (Phi) is 32.5. The Hall–Kier alpha value is -1.42.